The Morgan fingerprint density at radius 2 is 1.35 bits per heavy atom. The van der Waals surface area contributed by atoms with E-state index in [2.05, 4.69) is 0 Å². The normalized spacial score (nSPS) is 24.5. The zero-order chi connectivity index (χ0) is 12.1. The van der Waals surface area contributed by atoms with Crippen LogP contribution in [0.5, 0.6) is 0 Å². The lowest BCUT2D eigenvalue weighted by Gasteiger charge is -1.94. The van der Waals surface area contributed by atoms with Crippen molar-refractivity contribution in [2.24, 2.45) is 0 Å². The minimum absolute atomic E-state index is 0.178. The number of carbonyl (C=O) groups excluding carboxylic acids is 2. The van der Waals surface area contributed by atoms with Crippen LogP contribution in [0.15, 0.2) is 23.3 Å². The van der Waals surface area contributed by atoms with E-state index in [1.807, 2.05) is 12.2 Å². The third-order valence-electron chi connectivity index (χ3n) is 2.92. The summed E-state index contributed by atoms with van der Waals surface area (Å²) in [5.74, 6) is -0.356. The van der Waals surface area contributed by atoms with Crippen molar-refractivity contribution in [2.75, 3.05) is 13.2 Å². The number of allylic oxidation sites excluding steroid dienone is 2. The van der Waals surface area contributed by atoms with Crippen molar-refractivity contribution in [3.63, 3.8) is 0 Å². The molecule has 0 saturated carbocycles. The van der Waals surface area contributed by atoms with Gasteiger partial charge >= 0.3 is 11.9 Å². The number of hydrogen-bond donors (Lipinski definition) is 0. The van der Waals surface area contributed by atoms with Crippen molar-refractivity contribution in [1.29, 1.82) is 0 Å². The van der Waals surface area contributed by atoms with Gasteiger partial charge in [-0.25, -0.2) is 9.59 Å². The van der Waals surface area contributed by atoms with Crippen LogP contribution in [0.25, 0.3) is 0 Å². The predicted octanol–water partition coefficient (Wildman–Crippen LogP) is 1.90. The number of unbranched alkanes of at least 4 members (excludes halogenated alkanes) is 2. The Morgan fingerprint density at radius 1 is 0.882 bits per heavy atom. The van der Waals surface area contributed by atoms with E-state index in [4.69, 9.17) is 9.47 Å². The van der Waals surface area contributed by atoms with Gasteiger partial charge in [0.25, 0.3) is 0 Å². The van der Waals surface area contributed by atoms with Gasteiger partial charge < -0.3 is 9.47 Å². The fourth-order valence-corrected chi connectivity index (χ4v) is 1.94. The second-order valence-corrected chi connectivity index (χ2v) is 4.16. The molecule has 0 aromatic heterocycles. The lowest BCUT2D eigenvalue weighted by Crippen LogP contribution is -1.95. The first-order valence-electron chi connectivity index (χ1n) is 5.99. The molecule has 0 radical (unpaired) electrons. The fourth-order valence-electron chi connectivity index (χ4n) is 1.94. The molecule has 92 valence electrons. The Labute approximate surface area is 100 Å². The molecule has 17 heavy (non-hydrogen) atoms. The molecule has 2 aliphatic rings. The van der Waals surface area contributed by atoms with E-state index in [1.54, 1.807) is 0 Å². The minimum Gasteiger partial charge on any atom is -0.462 e. The lowest BCUT2D eigenvalue weighted by molar-refractivity contribution is -0.135. The first-order valence-corrected chi connectivity index (χ1v) is 5.99. The molecule has 0 spiro atoms. The fraction of sp³-hybridized carbons (Fsp3) is 0.538. The summed E-state index contributed by atoms with van der Waals surface area (Å²) in [7, 11) is 0. The van der Waals surface area contributed by atoms with E-state index >= 15 is 0 Å². The summed E-state index contributed by atoms with van der Waals surface area (Å²) in [6.45, 7) is 1.03. The highest BCUT2D eigenvalue weighted by Crippen LogP contribution is 2.17. The topological polar surface area (TPSA) is 52.6 Å². The molecule has 0 unspecified atom stereocenters. The molecular weight excluding hydrogens is 220 g/mol. The highest BCUT2D eigenvalue weighted by molar-refractivity contribution is 5.90. The van der Waals surface area contributed by atoms with Crippen molar-refractivity contribution >= 4 is 11.9 Å². The molecule has 0 aromatic carbocycles. The largest absolute Gasteiger partial charge is 0.462 e. The van der Waals surface area contributed by atoms with Crippen LogP contribution in [0.4, 0.5) is 0 Å². The first kappa shape index (κ1) is 11.9. The van der Waals surface area contributed by atoms with Gasteiger partial charge in [-0.05, 0) is 19.3 Å². The Hall–Kier alpha value is -1.58. The zero-order valence-corrected chi connectivity index (χ0v) is 9.74. The van der Waals surface area contributed by atoms with Crippen LogP contribution in [-0.2, 0) is 19.1 Å². The summed E-state index contributed by atoms with van der Waals surface area (Å²) in [5, 5.41) is 0. The summed E-state index contributed by atoms with van der Waals surface area (Å²) in [5.41, 5.74) is 1.58. The van der Waals surface area contributed by atoms with Gasteiger partial charge in [0.2, 0.25) is 0 Å². The standard InChI is InChI=1S/C13H16O4/c14-12-10(6-8-16-12)4-2-1-3-5-11-7-9-17-13(11)15/h4-5H,1-3,6-9H2/b10-4-,11-5?. The molecule has 0 N–H and O–H groups in total. The van der Waals surface area contributed by atoms with Gasteiger partial charge in [-0.2, -0.15) is 0 Å². The van der Waals surface area contributed by atoms with Crippen molar-refractivity contribution in [1.82, 2.24) is 0 Å². The number of rotatable bonds is 4. The molecule has 0 aliphatic carbocycles. The Morgan fingerprint density at radius 3 is 1.71 bits per heavy atom. The molecule has 0 aromatic rings. The summed E-state index contributed by atoms with van der Waals surface area (Å²) >= 11 is 0. The highest BCUT2D eigenvalue weighted by Gasteiger charge is 2.18. The van der Waals surface area contributed by atoms with Gasteiger partial charge in [0.1, 0.15) is 0 Å². The van der Waals surface area contributed by atoms with E-state index in [1.165, 1.54) is 0 Å². The van der Waals surface area contributed by atoms with E-state index in [0.717, 1.165) is 43.3 Å². The van der Waals surface area contributed by atoms with Crippen LogP contribution in [0, 0.1) is 0 Å². The SMILES string of the molecule is O=C1OCCC1=CCCC/C=C1/CCOC1=O. The maximum absolute atomic E-state index is 11.1. The molecule has 2 heterocycles. The highest BCUT2D eigenvalue weighted by atomic mass is 16.5. The second-order valence-electron chi connectivity index (χ2n) is 4.16. The molecule has 0 bridgehead atoms. The van der Waals surface area contributed by atoms with Crippen LogP contribution in [-0.4, -0.2) is 25.2 Å². The summed E-state index contributed by atoms with van der Waals surface area (Å²) in [4.78, 5) is 22.3. The molecule has 2 saturated heterocycles. The smallest absolute Gasteiger partial charge is 0.333 e. The maximum Gasteiger partial charge on any atom is 0.333 e. The third-order valence-corrected chi connectivity index (χ3v) is 2.92. The van der Waals surface area contributed by atoms with Crippen molar-refractivity contribution in [3.05, 3.63) is 23.3 Å². The molecule has 2 rings (SSSR count). The van der Waals surface area contributed by atoms with E-state index in [9.17, 15) is 9.59 Å². The lowest BCUT2D eigenvalue weighted by atomic mass is 10.1. The number of hydrogen-bond acceptors (Lipinski definition) is 4. The summed E-state index contributed by atoms with van der Waals surface area (Å²) < 4.78 is 9.68. The summed E-state index contributed by atoms with van der Waals surface area (Å²) in [6, 6.07) is 0. The quantitative estimate of drug-likeness (QED) is 0.425. The number of cyclic esters (lactones) is 2. The molecule has 0 amide bonds. The van der Waals surface area contributed by atoms with Crippen LogP contribution < -0.4 is 0 Å². The molecular formula is C13H16O4. The summed E-state index contributed by atoms with van der Waals surface area (Å²) in [6.07, 6.45) is 7.99. The Balaban J connectivity index is 1.70. The molecule has 2 fully saturated rings. The molecule has 0 atom stereocenters. The predicted molar refractivity (Wildman–Crippen MR) is 61.2 cm³/mol. The van der Waals surface area contributed by atoms with Gasteiger partial charge in [0, 0.05) is 24.0 Å². The van der Waals surface area contributed by atoms with Crippen molar-refractivity contribution in [2.45, 2.75) is 32.1 Å². The van der Waals surface area contributed by atoms with Crippen LogP contribution in [0.3, 0.4) is 0 Å². The monoisotopic (exact) mass is 236 g/mol. The van der Waals surface area contributed by atoms with Crippen LogP contribution >= 0.6 is 0 Å². The first-order chi connectivity index (χ1) is 8.27. The van der Waals surface area contributed by atoms with Crippen LogP contribution in [0.1, 0.15) is 32.1 Å². The minimum atomic E-state index is -0.178. The van der Waals surface area contributed by atoms with Crippen LogP contribution in [0.2, 0.25) is 0 Å². The molecule has 4 nitrogen and oxygen atoms in total. The maximum atomic E-state index is 11.1. The number of carbonyl (C=O) groups is 2. The third kappa shape index (κ3) is 3.19. The molecule has 2 aliphatic heterocycles. The van der Waals surface area contributed by atoms with E-state index in [-0.39, 0.29) is 11.9 Å². The van der Waals surface area contributed by atoms with E-state index in [0.29, 0.717) is 13.2 Å². The Kier molecular flexibility index (Phi) is 3.96. The van der Waals surface area contributed by atoms with Gasteiger partial charge in [-0.15, -0.1) is 0 Å². The van der Waals surface area contributed by atoms with Gasteiger partial charge in [0.15, 0.2) is 0 Å². The van der Waals surface area contributed by atoms with Gasteiger partial charge in [-0.1, -0.05) is 12.2 Å². The zero-order valence-electron chi connectivity index (χ0n) is 9.74. The van der Waals surface area contributed by atoms with Crippen molar-refractivity contribution < 1.29 is 19.1 Å². The van der Waals surface area contributed by atoms with Gasteiger partial charge in [0.05, 0.1) is 13.2 Å². The van der Waals surface area contributed by atoms with E-state index < -0.39 is 0 Å². The number of ether oxygens (including phenoxy) is 2. The molecule has 4 heteroatoms. The van der Waals surface area contributed by atoms with Crippen molar-refractivity contribution in [3.8, 4) is 0 Å². The average Bonchev–Trinajstić information content (AvgIpc) is 2.89. The number of esters is 2. The second kappa shape index (κ2) is 5.66. The van der Waals surface area contributed by atoms with Gasteiger partial charge in [-0.3, -0.25) is 0 Å². The Bertz CT molecular complexity index is 343. The average molecular weight is 236 g/mol.